The van der Waals surface area contributed by atoms with Crippen LogP contribution in [-0.4, -0.2) is 29.4 Å². The predicted octanol–water partition coefficient (Wildman–Crippen LogP) is 5.98. The number of hydrogen-bond donors (Lipinski definition) is 0. The summed E-state index contributed by atoms with van der Waals surface area (Å²) >= 11 is 6.46. The molecule has 1 heterocycles. The highest BCUT2D eigenvalue weighted by Gasteiger charge is 2.31. The molecule has 1 atom stereocenters. The average Bonchev–Trinajstić information content (AvgIpc) is 3.10. The van der Waals surface area contributed by atoms with Crippen LogP contribution in [0.4, 0.5) is 0 Å². The number of rotatable bonds is 8. The lowest BCUT2D eigenvalue weighted by Gasteiger charge is -2.21. The summed E-state index contributed by atoms with van der Waals surface area (Å²) in [5, 5.41) is 1.26. The summed E-state index contributed by atoms with van der Waals surface area (Å²) in [6.07, 6.45) is -0.169. The highest BCUT2D eigenvalue weighted by molar-refractivity contribution is 6.31. The number of carbonyl (C=O) groups is 3. The minimum atomic E-state index is -0.642. The Balaban J connectivity index is 2.41. The van der Waals surface area contributed by atoms with Crippen molar-refractivity contribution >= 4 is 40.2 Å². The van der Waals surface area contributed by atoms with Crippen LogP contribution in [0.1, 0.15) is 72.2 Å². The van der Waals surface area contributed by atoms with E-state index in [9.17, 15) is 14.4 Å². The second kappa shape index (κ2) is 10.2. The highest BCUT2D eigenvalue weighted by atomic mass is 35.5. The third kappa shape index (κ3) is 4.96. The highest BCUT2D eigenvalue weighted by Crippen LogP contribution is 2.37. The molecule has 0 fully saturated rings. The Morgan fingerprint density at radius 2 is 1.79 bits per heavy atom. The van der Waals surface area contributed by atoms with Gasteiger partial charge in [-0.1, -0.05) is 56.6 Å². The summed E-state index contributed by atoms with van der Waals surface area (Å²) in [5.74, 6) is -1.26. The van der Waals surface area contributed by atoms with Crippen LogP contribution in [0.3, 0.4) is 0 Å². The topological polar surface area (TPSA) is 74.6 Å². The SMILES string of the molecule is CCC(OC(C)=O)c1c(C(=O)C(C)C)c2ccc(C(=O)OC)cc2n1Cc1ccccc1Cl. The van der Waals surface area contributed by atoms with Crippen LogP contribution in [0.2, 0.25) is 5.02 Å². The van der Waals surface area contributed by atoms with Gasteiger partial charge >= 0.3 is 11.9 Å². The van der Waals surface area contributed by atoms with E-state index in [2.05, 4.69) is 0 Å². The molecule has 3 rings (SSSR count). The number of benzene rings is 2. The third-order valence-corrected chi connectivity index (χ3v) is 5.94. The van der Waals surface area contributed by atoms with Gasteiger partial charge in [0.05, 0.1) is 29.4 Å². The van der Waals surface area contributed by atoms with E-state index in [-0.39, 0.29) is 11.7 Å². The molecule has 0 radical (unpaired) electrons. The van der Waals surface area contributed by atoms with Gasteiger partial charge < -0.3 is 14.0 Å². The molecule has 3 aromatic rings. The number of ketones is 1. The van der Waals surface area contributed by atoms with E-state index in [4.69, 9.17) is 21.1 Å². The van der Waals surface area contributed by atoms with Crippen LogP contribution in [0.25, 0.3) is 10.9 Å². The summed E-state index contributed by atoms with van der Waals surface area (Å²) in [5.41, 5.74) is 2.96. The van der Waals surface area contributed by atoms with Crippen LogP contribution in [0.15, 0.2) is 42.5 Å². The van der Waals surface area contributed by atoms with Crippen LogP contribution in [-0.2, 0) is 20.8 Å². The van der Waals surface area contributed by atoms with Crippen molar-refractivity contribution in [1.29, 1.82) is 0 Å². The first-order valence-corrected chi connectivity index (χ1v) is 11.3. The summed E-state index contributed by atoms with van der Waals surface area (Å²) in [6, 6.07) is 12.5. The first-order chi connectivity index (χ1) is 15.7. The zero-order chi connectivity index (χ0) is 24.3. The van der Waals surface area contributed by atoms with Gasteiger partial charge in [0.1, 0.15) is 6.10 Å². The van der Waals surface area contributed by atoms with E-state index >= 15 is 0 Å². The molecule has 0 aliphatic carbocycles. The summed E-state index contributed by atoms with van der Waals surface area (Å²) in [7, 11) is 1.32. The maximum atomic E-state index is 13.4. The number of methoxy groups -OCH3 is 1. The minimum Gasteiger partial charge on any atom is -0.465 e. The van der Waals surface area contributed by atoms with Crippen molar-refractivity contribution in [2.24, 2.45) is 5.92 Å². The number of nitrogens with zero attached hydrogens (tertiary/aromatic N) is 1. The Hall–Kier alpha value is -3.12. The third-order valence-electron chi connectivity index (χ3n) is 5.57. The van der Waals surface area contributed by atoms with Gasteiger partial charge in [-0.15, -0.1) is 0 Å². The smallest absolute Gasteiger partial charge is 0.337 e. The van der Waals surface area contributed by atoms with Gasteiger partial charge in [0.25, 0.3) is 0 Å². The lowest BCUT2D eigenvalue weighted by atomic mass is 9.95. The lowest BCUT2D eigenvalue weighted by Crippen LogP contribution is -2.18. The number of fused-ring (bicyclic) bond motifs is 1. The number of Topliss-reactive ketones (excluding diaryl/α,β-unsaturated/α-hetero) is 1. The second-order valence-corrected chi connectivity index (χ2v) is 8.59. The molecule has 0 saturated carbocycles. The quantitative estimate of drug-likeness (QED) is 0.299. The number of esters is 2. The van der Waals surface area contributed by atoms with Gasteiger partial charge in [-0.3, -0.25) is 9.59 Å². The largest absolute Gasteiger partial charge is 0.465 e. The van der Waals surface area contributed by atoms with E-state index in [1.165, 1.54) is 14.0 Å². The number of carbonyl (C=O) groups excluding carboxylic acids is 3. The van der Waals surface area contributed by atoms with Crippen molar-refractivity contribution in [3.63, 3.8) is 0 Å². The van der Waals surface area contributed by atoms with Crippen molar-refractivity contribution < 1.29 is 23.9 Å². The average molecular weight is 470 g/mol. The molecule has 174 valence electrons. The van der Waals surface area contributed by atoms with Gasteiger partial charge in [-0.25, -0.2) is 4.79 Å². The molecule has 1 unspecified atom stereocenters. The second-order valence-electron chi connectivity index (χ2n) is 8.19. The Bertz CT molecular complexity index is 1210. The van der Waals surface area contributed by atoms with Crippen molar-refractivity contribution in [1.82, 2.24) is 4.57 Å². The molecular formula is C26H28ClNO5. The van der Waals surface area contributed by atoms with Gasteiger partial charge in [0.2, 0.25) is 0 Å². The van der Waals surface area contributed by atoms with Crippen LogP contribution in [0, 0.1) is 5.92 Å². The molecule has 1 aromatic heterocycles. The first kappa shape index (κ1) is 24.5. The normalized spacial score (nSPS) is 12.1. The zero-order valence-electron chi connectivity index (χ0n) is 19.5. The van der Waals surface area contributed by atoms with Gasteiger partial charge in [0, 0.05) is 29.8 Å². The van der Waals surface area contributed by atoms with Gasteiger partial charge in [0.15, 0.2) is 5.78 Å². The Kier molecular flexibility index (Phi) is 7.59. The molecule has 6 nitrogen and oxygen atoms in total. The monoisotopic (exact) mass is 469 g/mol. The lowest BCUT2D eigenvalue weighted by molar-refractivity contribution is -0.147. The fourth-order valence-electron chi connectivity index (χ4n) is 4.00. The van der Waals surface area contributed by atoms with E-state index in [1.807, 2.05) is 43.5 Å². The van der Waals surface area contributed by atoms with Crippen LogP contribution >= 0.6 is 11.6 Å². The maximum absolute atomic E-state index is 13.4. The molecule has 33 heavy (non-hydrogen) atoms. The van der Waals surface area contributed by atoms with Crippen molar-refractivity contribution in [2.45, 2.75) is 46.8 Å². The summed E-state index contributed by atoms with van der Waals surface area (Å²) in [6.45, 7) is 7.24. The number of halogens is 1. The zero-order valence-corrected chi connectivity index (χ0v) is 20.2. The first-order valence-electron chi connectivity index (χ1n) is 10.9. The summed E-state index contributed by atoms with van der Waals surface area (Å²) in [4.78, 5) is 37.6. The molecular weight excluding hydrogens is 442 g/mol. The van der Waals surface area contributed by atoms with E-state index in [1.54, 1.807) is 24.3 Å². The number of ether oxygens (including phenoxy) is 2. The Morgan fingerprint density at radius 1 is 1.09 bits per heavy atom. The van der Waals surface area contributed by atoms with Crippen molar-refractivity contribution in [3.05, 3.63) is 69.9 Å². The molecule has 7 heteroatoms. The molecule has 0 bridgehead atoms. The maximum Gasteiger partial charge on any atom is 0.337 e. The van der Waals surface area contributed by atoms with Crippen LogP contribution in [0.5, 0.6) is 0 Å². The van der Waals surface area contributed by atoms with Crippen molar-refractivity contribution in [2.75, 3.05) is 7.11 Å². The predicted molar refractivity (Wildman–Crippen MR) is 128 cm³/mol. The number of aromatic nitrogens is 1. The standard InChI is InChI=1S/C26H28ClNO5/c1-6-22(33-16(4)29)24-23(25(30)15(2)3)19-12-11-17(26(31)32-5)13-21(19)28(24)14-18-9-7-8-10-20(18)27/h7-13,15,22H,6,14H2,1-5H3. The van der Waals surface area contributed by atoms with Gasteiger partial charge in [-0.05, 0) is 30.2 Å². The van der Waals surface area contributed by atoms with E-state index in [0.717, 1.165) is 5.56 Å². The fourth-order valence-corrected chi connectivity index (χ4v) is 4.19. The molecule has 0 N–H and O–H groups in total. The molecule has 0 spiro atoms. The van der Waals surface area contributed by atoms with E-state index in [0.29, 0.717) is 45.7 Å². The van der Waals surface area contributed by atoms with Crippen molar-refractivity contribution in [3.8, 4) is 0 Å². The number of hydrogen-bond acceptors (Lipinski definition) is 5. The molecule has 2 aromatic carbocycles. The van der Waals surface area contributed by atoms with E-state index < -0.39 is 18.0 Å². The summed E-state index contributed by atoms with van der Waals surface area (Å²) < 4.78 is 12.5. The molecule has 0 saturated heterocycles. The minimum absolute atomic E-state index is 0.0654. The van der Waals surface area contributed by atoms with Crippen LogP contribution < -0.4 is 0 Å². The Morgan fingerprint density at radius 3 is 2.36 bits per heavy atom. The van der Waals surface area contributed by atoms with Gasteiger partial charge in [-0.2, -0.15) is 0 Å². The molecule has 0 aliphatic rings. The molecule has 0 amide bonds. The molecule has 0 aliphatic heterocycles. The fraction of sp³-hybridized carbons (Fsp3) is 0.346. The Labute approximate surface area is 198 Å².